The molecule has 0 bridgehead atoms. The Morgan fingerprint density at radius 3 is 2.66 bits per heavy atom. The van der Waals surface area contributed by atoms with E-state index in [2.05, 4.69) is 28.9 Å². The van der Waals surface area contributed by atoms with E-state index in [0.29, 0.717) is 11.3 Å². The molecule has 0 spiro atoms. The normalized spacial score (nSPS) is 11.9. The number of fused-ring (bicyclic) bond motifs is 1. The highest BCUT2D eigenvalue weighted by Crippen LogP contribution is 2.28. The first-order valence-electron chi connectivity index (χ1n) is 10.1. The number of amides is 1. The molecule has 1 amide bonds. The molecular formula is C23H26N4OS. The molecule has 0 aliphatic heterocycles. The lowest BCUT2D eigenvalue weighted by Crippen LogP contribution is -2.23. The molecule has 3 aromatic rings. The van der Waals surface area contributed by atoms with Crippen LogP contribution in [0.1, 0.15) is 45.1 Å². The highest BCUT2D eigenvalue weighted by atomic mass is 32.2. The van der Waals surface area contributed by atoms with Crippen molar-refractivity contribution in [3.05, 3.63) is 54.1 Å². The summed E-state index contributed by atoms with van der Waals surface area (Å²) in [5, 5.41) is 12.4. The number of unbranched alkanes of at least 4 members (excludes halogenated alkanes) is 3. The lowest BCUT2D eigenvalue weighted by molar-refractivity contribution is -0.115. The van der Waals surface area contributed by atoms with Crippen LogP contribution in [0.5, 0.6) is 0 Å². The predicted molar refractivity (Wildman–Crippen MR) is 119 cm³/mol. The molecule has 0 radical (unpaired) electrons. The average molecular weight is 407 g/mol. The zero-order valence-corrected chi connectivity index (χ0v) is 17.7. The molecular weight excluding hydrogens is 380 g/mol. The smallest absolute Gasteiger partial charge is 0.237 e. The highest BCUT2D eigenvalue weighted by Gasteiger charge is 2.19. The van der Waals surface area contributed by atoms with E-state index in [1.54, 1.807) is 24.3 Å². The Hall–Kier alpha value is -2.78. The lowest BCUT2D eigenvalue weighted by Gasteiger charge is -2.13. The van der Waals surface area contributed by atoms with Gasteiger partial charge in [0.1, 0.15) is 0 Å². The fourth-order valence-electron chi connectivity index (χ4n) is 3.14. The van der Waals surface area contributed by atoms with Gasteiger partial charge in [0, 0.05) is 12.2 Å². The number of aryl methyl sites for hydroxylation is 1. The molecule has 6 heteroatoms. The molecule has 1 atom stereocenters. The Morgan fingerprint density at radius 2 is 1.93 bits per heavy atom. The van der Waals surface area contributed by atoms with Crippen molar-refractivity contribution in [3.8, 4) is 6.07 Å². The number of nitrogens with zero attached hydrogens (tertiary/aromatic N) is 3. The second-order valence-electron chi connectivity index (χ2n) is 7.03. The molecule has 0 aliphatic carbocycles. The van der Waals surface area contributed by atoms with E-state index in [0.717, 1.165) is 29.2 Å². The summed E-state index contributed by atoms with van der Waals surface area (Å²) in [7, 11) is 0. The number of hydrogen-bond donors (Lipinski definition) is 1. The largest absolute Gasteiger partial charge is 0.325 e. The van der Waals surface area contributed by atoms with Crippen LogP contribution >= 0.6 is 11.8 Å². The average Bonchev–Trinajstić information content (AvgIpc) is 3.08. The zero-order valence-electron chi connectivity index (χ0n) is 16.9. The number of hydrogen-bond acceptors (Lipinski definition) is 4. The van der Waals surface area contributed by atoms with Gasteiger partial charge in [-0.05, 0) is 49.7 Å². The topological polar surface area (TPSA) is 70.7 Å². The second-order valence-corrected chi connectivity index (χ2v) is 8.34. The van der Waals surface area contributed by atoms with Crippen molar-refractivity contribution in [2.75, 3.05) is 5.32 Å². The van der Waals surface area contributed by atoms with Crippen LogP contribution in [0.2, 0.25) is 0 Å². The van der Waals surface area contributed by atoms with Gasteiger partial charge in [0.05, 0.1) is 27.9 Å². The molecule has 2 aromatic carbocycles. The number of carbonyl (C=O) groups excluding carboxylic acids is 1. The molecule has 0 unspecified atom stereocenters. The van der Waals surface area contributed by atoms with Crippen LogP contribution < -0.4 is 5.32 Å². The fraction of sp³-hybridized carbons (Fsp3) is 0.348. The Kier molecular flexibility index (Phi) is 7.31. The molecule has 1 N–H and O–H groups in total. The van der Waals surface area contributed by atoms with Gasteiger partial charge in [-0.25, -0.2) is 4.98 Å². The Labute approximate surface area is 176 Å². The third-order valence-corrected chi connectivity index (χ3v) is 5.88. The summed E-state index contributed by atoms with van der Waals surface area (Å²) in [6.07, 6.45) is 4.74. The number of rotatable bonds is 9. The second kappa shape index (κ2) is 10.1. The predicted octanol–water partition coefficient (Wildman–Crippen LogP) is 5.61. The molecule has 0 fully saturated rings. The van der Waals surface area contributed by atoms with E-state index in [1.807, 2.05) is 25.1 Å². The lowest BCUT2D eigenvalue weighted by atomic mass is 10.2. The van der Waals surface area contributed by atoms with E-state index >= 15 is 0 Å². The van der Waals surface area contributed by atoms with E-state index in [-0.39, 0.29) is 11.2 Å². The number of thioether (sulfide) groups is 1. The van der Waals surface area contributed by atoms with Gasteiger partial charge in [0.15, 0.2) is 5.16 Å². The molecule has 1 aromatic heterocycles. The van der Waals surface area contributed by atoms with Crippen molar-refractivity contribution in [1.29, 1.82) is 5.26 Å². The van der Waals surface area contributed by atoms with Crippen LogP contribution in [0.3, 0.4) is 0 Å². The van der Waals surface area contributed by atoms with Crippen molar-refractivity contribution in [1.82, 2.24) is 9.55 Å². The van der Waals surface area contributed by atoms with Gasteiger partial charge in [-0.15, -0.1) is 0 Å². The van der Waals surface area contributed by atoms with Crippen LogP contribution in [0.15, 0.2) is 53.7 Å². The molecule has 0 saturated heterocycles. The third kappa shape index (κ3) is 5.39. The van der Waals surface area contributed by atoms with Crippen molar-refractivity contribution < 1.29 is 4.79 Å². The first-order chi connectivity index (χ1) is 14.1. The Morgan fingerprint density at radius 1 is 1.17 bits per heavy atom. The highest BCUT2D eigenvalue weighted by molar-refractivity contribution is 8.00. The SMILES string of the molecule is CCCCCCn1c(S[C@@H](C)C(=O)Nc2ccc(C#N)cc2)nc2ccccc21. The summed E-state index contributed by atoms with van der Waals surface area (Å²) >= 11 is 1.48. The van der Waals surface area contributed by atoms with E-state index in [4.69, 9.17) is 10.2 Å². The Balaban J connectivity index is 1.71. The van der Waals surface area contributed by atoms with Gasteiger partial charge in [0.2, 0.25) is 5.91 Å². The van der Waals surface area contributed by atoms with Crippen molar-refractivity contribution in [2.45, 2.75) is 56.5 Å². The first-order valence-corrected chi connectivity index (χ1v) is 10.9. The summed E-state index contributed by atoms with van der Waals surface area (Å²) in [6.45, 7) is 5.01. The maximum Gasteiger partial charge on any atom is 0.237 e. The summed E-state index contributed by atoms with van der Waals surface area (Å²) in [4.78, 5) is 17.4. The van der Waals surface area contributed by atoms with Crippen LogP contribution in [0.25, 0.3) is 11.0 Å². The number of para-hydroxylation sites is 2. The van der Waals surface area contributed by atoms with Crippen molar-refractivity contribution in [3.63, 3.8) is 0 Å². The standard InChI is InChI=1S/C23H26N4OS/c1-3-4-5-8-15-27-21-10-7-6-9-20(21)26-23(27)29-17(2)22(28)25-19-13-11-18(16-24)12-14-19/h6-7,9-14,17H,3-5,8,15H2,1-2H3,(H,25,28)/t17-/m0/s1. The minimum atomic E-state index is -0.295. The molecule has 3 rings (SSSR count). The van der Waals surface area contributed by atoms with Crippen molar-refractivity contribution in [2.24, 2.45) is 0 Å². The number of nitriles is 1. The number of benzene rings is 2. The van der Waals surface area contributed by atoms with Gasteiger partial charge in [-0.2, -0.15) is 5.26 Å². The molecule has 1 heterocycles. The van der Waals surface area contributed by atoms with Crippen LogP contribution in [0, 0.1) is 11.3 Å². The Bertz CT molecular complexity index is 1000. The number of aromatic nitrogens is 2. The third-order valence-electron chi connectivity index (χ3n) is 4.79. The number of anilines is 1. The minimum Gasteiger partial charge on any atom is -0.325 e. The van der Waals surface area contributed by atoms with Crippen molar-refractivity contribution >= 4 is 34.4 Å². The van der Waals surface area contributed by atoms with Gasteiger partial charge >= 0.3 is 0 Å². The zero-order chi connectivity index (χ0) is 20.6. The van der Waals surface area contributed by atoms with Crippen LogP contribution in [-0.4, -0.2) is 20.7 Å². The molecule has 29 heavy (non-hydrogen) atoms. The van der Waals surface area contributed by atoms with Crippen LogP contribution in [-0.2, 0) is 11.3 Å². The monoisotopic (exact) mass is 406 g/mol. The van der Waals surface area contributed by atoms with Gasteiger partial charge < -0.3 is 9.88 Å². The van der Waals surface area contributed by atoms with Gasteiger partial charge in [-0.3, -0.25) is 4.79 Å². The number of imidazole rings is 1. The number of nitrogens with one attached hydrogen (secondary N) is 1. The molecule has 5 nitrogen and oxygen atoms in total. The van der Waals surface area contributed by atoms with E-state index in [9.17, 15) is 4.79 Å². The molecule has 150 valence electrons. The first kappa shape index (κ1) is 20.9. The molecule has 0 saturated carbocycles. The molecule has 0 aliphatic rings. The quantitative estimate of drug-likeness (QED) is 0.370. The summed E-state index contributed by atoms with van der Waals surface area (Å²) < 4.78 is 2.24. The van der Waals surface area contributed by atoms with Gasteiger partial charge in [-0.1, -0.05) is 50.1 Å². The fourth-order valence-corrected chi connectivity index (χ4v) is 4.09. The summed E-state index contributed by atoms with van der Waals surface area (Å²) in [6, 6.07) is 17.1. The summed E-state index contributed by atoms with van der Waals surface area (Å²) in [5.74, 6) is -0.0794. The maximum atomic E-state index is 12.7. The van der Waals surface area contributed by atoms with E-state index < -0.39 is 0 Å². The number of carbonyl (C=O) groups is 1. The van der Waals surface area contributed by atoms with E-state index in [1.165, 1.54) is 31.0 Å². The van der Waals surface area contributed by atoms with Gasteiger partial charge in [0.25, 0.3) is 0 Å². The summed E-state index contributed by atoms with van der Waals surface area (Å²) in [5.41, 5.74) is 3.34. The van der Waals surface area contributed by atoms with Crippen LogP contribution in [0.4, 0.5) is 5.69 Å². The minimum absolute atomic E-state index is 0.0794. The maximum absolute atomic E-state index is 12.7.